The molecule has 3 rings (SSSR count). The van der Waals surface area contributed by atoms with E-state index in [1.165, 1.54) is 11.6 Å². The summed E-state index contributed by atoms with van der Waals surface area (Å²) >= 11 is 1.14. The summed E-state index contributed by atoms with van der Waals surface area (Å²) in [7, 11) is -2.42. The first-order valence-corrected chi connectivity index (χ1v) is 9.73. The van der Waals surface area contributed by atoms with Crippen LogP contribution in [-0.4, -0.2) is 40.6 Å². The maximum Gasteiger partial charge on any atom is 0.357 e. The van der Waals surface area contributed by atoms with Gasteiger partial charge in [-0.25, -0.2) is 12.8 Å². The Balaban J connectivity index is 2.13. The van der Waals surface area contributed by atoms with Crippen LogP contribution in [0.25, 0.3) is 0 Å². The van der Waals surface area contributed by atoms with Gasteiger partial charge in [-0.3, -0.25) is 0 Å². The van der Waals surface area contributed by atoms with Crippen LogP contribution in [0.2, 0.25) is 0 Å². The smallest absolute Gasteiger partial charge is 0.357 e. The summed E-state index contributed by atoms with van der Waals surface area (Å²) in [5.41, 5.74) is 3.00. The third-order valence-electron chi connectivity index (χ3n) is 3.53. The molecule has 1 aliphatic rings. The van der Waals surface area contributed by atoms with Crippen molar-refractivity contribution >= 4 is 43.5 Å². The number of benzene rings is 1. The van der Waals surface area contributed by atoms with Gasteiger partial charge in [-0.05, 0) is 18.6 Å². The number of nitrogens with zero attached hydrogens (tertiary/aromatic N) is 6. The number of hydrogen-bond donors (Lipinski definition) is 0. The van der Waals surface area contributed by atoms with Crippen molar-refractivity contribution in [2.75, 3.05) is 24.5 Å². The van der Waals surface area contributed by atoms with Gasteiger partial charge in [0.15, 0.2) is 6.01 Å². The van der Waals surface area contributed by atoms with Crippen molar-refractivity contribution in [1.29, 1.82) is 0 Å². The van der Waals surface area contributed by atoms with E-state index in [0.29, 0.717) is 18.5 Å². The summed E-state index contributed by atoms with van der Waals surface area (Å²) in [6.45, 7) is -2.78. The van der Waals surface area contributed by atoms with Crippen LogP contribution in [-0.2, 0) is 20.6 Å². The first-order valence-electron chi connectivity index (χ1n) is 7.24. The lowest BCUT2D eigenvalue weighted by molar-refractivity contribution is -0.0421. The number of rotatable bonds is 6. The van der Waals surface area contributed by atoms with Gasteiger partial charge in [0.1, 0.15) is 16.9 Å². The van der Waals surface area contributed by atoms with E-state index in [1.807, 2.05) is 11.9 Å². The lowest BCUT2D eigenvalue weighted by Gasteiger charge is -2.13. The predicted octanol–water partition coefficient (Wildman–Crippen LogP) is 4.13. The van der Waals surface area contributed by atoms with E-state index in [1.54, 1.807) is 6.07 Å². The standard InChI is InChI=1S/C13H13F3N6O2S2/c1-22-5-4-8-10(22)3-2-9(18-20-13-19-17-7-25-13)11(8)21-26(23,6-14)24-12(15)16/h2-3,7,12H,4-6H2,1H3. The first kappa shape index (κ1) is 18.7. The Kier molecular flexibility index (Phi) is 5.48. The minimum atomic E-state index is -4.25. The van der Waals surface area contributed by atoms with E-state index in [9.17, 15) is 17.4 Å². The molecule has 26 heavy (non-hydrogen) atoms. The molecule has 2 heterocycles. The molecule has 0 amide bonds. The maximum atomic E-state index is 13.1. The van der Waals surface area contributed by atoms with Gasteiger partial charge < -0.3 is 4.90 Å². The molecule has 0 fully saturated rings. The van der Waals surface area contributed by atoms with Crippen LogP contribution in [0.3, 0.4) is 0 Å². The molecule has 1 aliphatic heterocycles. The Morgan fingerprint density at radius 1 is 1.42 bits per heavy atom. The zero-order chi connectivity index (χ0) is 18.7. The summed E-state index contributed by atoms with van der Waals surface area (Å²) in [6.07, 6.45) is 0.503. The van der Waals surface area contributed by atoms with E-state index in [4.69, 9.17) is 0 Å². The molecular weight excluding hydrogens is 393 g/mol. The highest BCUT2D eigenvalue weighted by Crippen LogP contribution is 2.42. The lowest BCUT2D eigenvalue weighted by Crippen LogP contribution is -2.12. The van der Waals surface area contributed by atoms with E-state index < -0.39 is 22.6 Å². The number of aromatic nitrogens is 2. The van der Waals surface area contributed by atoms with Gasteiger partial charge >= 0.3 is 6.61 Å². The molecule has 2 aromatic rings. The molecule has 1 atom stereocenters. The number of likely N-dealkylation sites (N-methyl/N-ethyl adjacent to an activating group) is 1. The number of fused-ring (bicyclic) bond motifs is 1. The van der Waals surface area contributed by atoms with Crippen LogP contribution < -0.4 is 4.90 Å². The average molecular weight is 406 g/mol. The summed E-state index contributed by atoms with van der Waals surface area (Å²) in [5, 5.41) is 15.4. The van der Waals surface area contributed by atoms with E-state index in [0.717, 1.165) is 17.0 Å². The van der Waals surface area contributed by atoms with E-state index in [2.05, 4.69) is 29.0 Å². The minimum absolute atomic E-state index is 0.0171. The van der Waals surface area contributed by atoms with Gasteiger partial charge in [0.05, 0.1) is 0 Å². The van der Waals surface area contributed by atoms with Gasteiger partial charge in [0.25, 0.3) is 5.13 Å². The Morgan fingerprint density at radius 3 is 2.88 bits per heavy atom. The van der Waals surface area contributed by atoms with Crippen molar-refractivity contribution < 1.29 is 21.6 Å². The summed E-state index contributed by atoms with van der Waals surface area (Å²) < 4.78 is 58.0. The molecule has 8 nitrogen and oxygen atoms in total. The van der Waals surface area contributed by atoms with Crippen molar-refractivity contribution in [2.45, 2.75) is 13.0 Å². The highest BCUT2D eigenvalue weighted by Gasteiger charge is 2.25. The molecule has 1 aromatic carbocycles. The van der Waals surface area contributed by atoms with Crippen LogP contribution in [0.5, 0.6) is 0 Å². The molecule has 0 spiro atoms. The van der Waals surface area contributed by atoms with E-state index in [-0.39, 0.29) is 16.5 Å². The number of alkyl halides is 3. The fourth-order valence-corrected chi connectivity index (χ4v) is 3.66. The first-order chi connectivity index (χ1) is 12.4. The normalized spacial score (nSPS) is 16.3. The van der Waals surface area contributed by atoms with E-state index >= 15 is 0 Å². The van der Waals surface area contributed by atoms with Gasteiger partial charge in [-0.15, -0.1) is 20.4 Å². The fraction of sp³-hybridized carbons (Fsp3) is 0.385. The van der Waals surface area contributed by atoms with Crippen LogP contribution in [0.4, 0.5) is 35.4 Å². The van der Waals surface area contributed by atoms with Crippen LogP contribution >= 0.6 is 11.3 Å². The molecule has 0 radical (unpaired) electrons. The monoisotopic (exact) mass is 406 g/mol. The molecule has 140 valence electrons. The number of anilines is 1. The SMILES string of the molecule is CN1CCc2c1ccc(N=Nc1nncs1)c2N=S(=O)(CF)OC(F)F. The van der Waals surface area contributed by atoms with Crippen LogP contribution in [0.15, 0.2) is 32.2 Å². The summed E-state index contributed by atoms with van der Waals surface area (Å²) in [6, 6.07) is 1.61. The fourth-order valence-electron chi connectivity index (χ4n) is 2.43. The average Bonchev–Trinajstić information content (AvgIpc) is 3.23. The van der Waals surface area contributed by atoms with Gasteiger partial charge in [-0.2, -0.15) is 13.1 Å². The molecule has 13 heteroatoms. The molecule has 1 unspecified atom stereocenters. The molecule has 0 saturated carbocycles. The molecular formula is C13H13F3N6O2S2. The van der Waals surface area contributed by atoms with Crippen LogP contribution in [0.1, 0.15) is 5.56 Å². The number of hydrogen-bond acceptors (Lipinski definition) is 9. The second-order valence-corrected chi connectivity index (χ2v) is 7.73. The Labute approximate surface area is 151 Å². The highest BCUT2D eigenvalue weighted by molar-refractivity contribution is 7.89. The van der Waals surface area contributed by atoms with Crippen molar-refractivity contribution in [1.82, 2.24) is 10.2 Å². The van der Waals surface area contributed by atoms with Crippen LogP contribution in [0, 0.1) is 0 Å². The highest BCUT2D eigenvalue weighted by atomic mass is 32.2. The third kappa shape index (κ3) is 3.99. The second-order valence-electron chi connectivity index (χ2n) is 5.16. The maximum absolute atomic E-state index is 13.1. The largest absolute Gasteiger partial charge is 0.374 e. The Hall–Kier alpha value is -2.12. The number of azo groups is 1. The van der Waals surface area contributed by atoms with Crippen molar-refractivity contribution in [3.8, 4) is 0 Å². The molecule has 0 bridgehead atoms. The molecule has 0 N–H and O–H groups in total. The molecule has 0 aliphatic carbocycles. The number of halogens is 3. The topological polar surface area (TPSA) is 92.4 Å². The molecule has 0 saturated heterocycles. The Morgan fingerprint density at radius 2 is 2.23 bits per heavy atom. The second kappa shape index (κ2) is 7.63. The van der Waals surface area contributed by atoms with Crippen molar-refractivity contribution in [3.63, 3.8) is 0 Å². The van der Waals surface area contributed by atoms with Gasteiger partial charge in [0, 0.05) is 24.8 Å². The van der Waals surface area contributed by atoms with Gasteiger partial charge in [-0.1, -0.05) is 11.3 Å². The van der Waals surface area contributed by atoms with Crippen molar-refractivity contribution in [3.05, 3.63) is 23.2 Å². The quantitative estimate of drug-likeness (QED) is 0.673. The summed E-state index contributed by atoms with van der Waals surface area (Å²) in [4.78, 5) is 1.91. The Bertz CT molecular complexity index is 928. The van der Waals surface area contributed by atoms with Crippen molar-refractivity contribution in [2.24, 2.45) is 14.6 Å². The zero-order valence-corrected chi connectivity index (χ0v) is 15.0. The minimum Gasteiger partial charge on any atom is -0.374 e. The lowest BCUT2D eigenvalue weighted by atomic mass is 10.1. The summed E-state index contributed by atoms with van der Waals surface area (Å²) in [5.74, 6) is 0. The molecule has 1 aromatic heterocycles. The third-order valence-corrected chi connectivity index (χ3v) is 5.28. The van der Waals surface area contributed by atoms with Gasteiger partial charge in [0.2, 0.25) is 10.0 Å². The zero-order valence-electron chi connectivity index (χ0n) is 13.4. The predicted molar refractivity (Wildman–Crippen MR) is 90.8 cm³/mol.